The average Bonchev–Trinajstić information content (AvgIpc) is 2.70. The maximum atomic E-state index is 11.9. The van der Waals surface area contributed by atoms with Gasteiger partial charge in [0.15, 0.2) is 0 Å². The van der Waals surface area contributed by atoms with Gasteiger partial charge < -0.3 is 15.7 Å². The lowest BCUT2D eigenvalue weighted by Gasteiger charge is -2.16. The number of benzene rings is 1. The Hall–Kier alpha value is -1.88. The molecule has 18 heavy (non-hydrogen) atoms. The number of carbonyl (C=O) groups excluding carboxylic acids is 1. The summed E-state index contributed by atoms with van der Waals surface area (Å²) in [6, 6.07) is 4.82. The van der Waals surface area contributed by atoms with Crippen LogP contribution in [0.2, 0.25) is 0 Å². The normalized spacial score (nSPS) is 15.3. The van der Waals surface area contributed by atoms with Crippen molar-refractivity contribution < 1.29 is 14.7 Å². The molecule has 1 amide bonds. The molecule has 1 aromatic rings. The fourth-order valence-electron chi connectivity index (χ4n) is 2.11. The van der Waals surface area contributed by atoms with Crippen LogP contribution in [0.5, 0.6) is 0 Å². The van der Waals surface area contributed by atoms with Crippen LogP contribution < -0.4 is 5.73 Å². The molecule has 0 saturated carbocycles. The van der Waals surface area contributed by atoms with E-state index < -0.39 is 5.97 Å². The van der Waals surface area contributed by atoms with Crippen LogP contribution in [0.4, 0.5) is 0 Å². The molecule has 0 fully saturated rings. The summed E-state index contributed by atoms with van der Waals surface area (Å²) in [6.45, 7) is 2.81. The summed E-state index contributed by atoms with van der Waals surface area (Å²) < 4.78 is 0. The Morgan fingerprint density at radius 2 is 2.06 bits per heavy atom. The summed E-state index contributed by atoms with van der Waals surface area (Å²) in [5.41, 5.74) is 7.79. The van der Waals surface area contributed by atoms with E-state index in [1.807, 2.05) is 0 Å². The minimum absolute atomic E-state index is 0.0121. The first-order chi connectivity index (χ1) is 8.47. The monoisotopic (exact) mass is 248 g/mol. The van der Waals surface area contributed by atoms with Crippen LogP contribution in [0.1, 0.15) is 34.8 Å². The van der Waals surface area contributed by atoms with Crippen molar-refractivity contribution >= 4 is 11.9 Å². The third-order valence-corrected chi connectivity index (χ3v) is 3.02. The minimum atomic E-state index is -0.946. The largest absolute Gasteiger partial charge is 0.478 e. The van der Waals surface area contributed by atoms with Crippen molar-refractivity contribution in [1.29, 1.82) is 0 Å². The molecule has 1 atom stereocenters. The molecule has 0 radical (unpaired) electrons. The lowest BCUT2D eigenvalue weighted by atomic mass is 10.1. The van der Waals surface area contributed by atoms with Gasteiger partial charge in [-0.15, -0.1) is 0 Å². The quantitative estimate of drug-likeness (QED) is 0.834. The predicted octanol–water partition coefficient (Wildman–Crippen LogP) is 0.964. The van der Waals surface area contributed by atoms with E-state index in [0.717, 1.165) is 11.1 Å². The van der Waals surface area contributed by atoms with Crippen molar-refractivity contribution in [2.45, 2.75) is 32.5 Å². The highest BCUT2D eigenvalue weighted by molar-refractivity contribution is 5.88. The highest BCUT2D eigenvalue weighted by Gasteiger charge is 2.24. The molecule has 96 valence electrons. The SMILES string of the molecule is CC(N)CC(=O)N1Cc2ccc(C(=O)O)cc2C1. The first-order valence-electron chi connectivity index (χ1n) is 5.86. The first-order valence-corrected chi connectivity index (χ1v) is 5.86. The molecular formula is C13H16N2O3. The molecule has 1 unspecified atom stereocenters. The van der Waals surface area contributed by atoms with Crippen molar-refractivity contribution in [3.63, 3.8) is 0 Å². The summed E-state index contributed by atoms with van der Waals surface area (Å²) in [5, 5.41) is 8.91. The van der Waals surface area contributed by atoms with Crippen LogP contribution in [-0.4, -0.2) is 27.9 Å². The Kier molecular flexibility index (Phi) is 3.34. The lowest BCUT2D eigenvalue weighted by Crippen LogP contribution is -2.30. The number of nitrogens with zero attached hydrogens (tertiary/aromatic N) is 1. The number of hydrogen-bond acceptors (Lipinski definition) is 3. The van der Waals surface area contributed by atoms with Gasteiger partial charge in [0, 0.05) is 25.6 Å². The van der Waals surface area contributed by atoms with E-state index in [0.29, 0.717) is 19.5 Å². The van der Waals surface area contributed by atoms with Crippen molar-refractivity contribution in [3.05, 3.63) is 34.9 Å². The number of hydrogen-bond donors (Lipinski definition) is 2. The van der Waals surface area contributed by atoms with Gasteiger partial charge in [0.1, 0.15) is 0 Å². The van der Waals surface area contributed by atoms with E-state index in [4.69, 9.17) is 10.8 Å². The molecule has 1 aliphatic heterocycles. The molecule has 5 heteroatoms. The molecule has 0 saturated heterocycles. The zero-order valence-electron chi connectivity index (χ0n) is 10.2. The second-order valence-electron chi connectivity index (χ2n) is 4.72. The van der Waals surface area contributed by atoms with E-state index in [9.17, 15) is 9.59 Å². The Labute approximate surface area is 105 Å². The van der Waals surface area contributed by atoms with E-state index >= 15 is 0 Å². The smallest absolute Gasteiger partial charge is 0.335 e. The molecule has 0 spiro atoms. The maximum Gasteiger partial charge on any atom is 0.335 e. The van der Waals surface area contributed by atoms with Crippen molar-refractivity contribution in [1.82, 2.24) is 4.90 Å². The number of carboxylic acids is 1. The summed E-state index contributed by atoms with van der Waals surface area (Å²) in [4.78, 5) is 24.4. The fraction of sp³-hybridized carbons (Fsp3) is 0.385. The van der Waals surface area contributed by atoms with Gasteiger partial charge in [-0.05, 0) is 30.2 Å². The predicted molar refractivity (Wildman–Crippen MR) is 65.9 cm³/mol. The van der Waals surface area contributed by atoms with E-state index in [1.54, 1.807) is 30.0 Å². The molecular weight excluding hydrogens is 232 g/mol. The summed E-state index contributed by atoms with van der Waals surface area (Å²) in [5.74, 6) is -0.934. The van der Waals surface area contributed by atoms with Crippen LogP contribution in [-0.2, 0) is 17.9 Å². The molecule has 1 heterocycles. The Bertz CT molecular complexity index is 497. The van der Waals surface area contributed by atoms with Gasteiger partial charge in [-0.3, -0.25) is 4.79 Å². The molecule has 3 N–H and O–H groups in total. The van der Waals surface area contributed by atoms with Gasteiger partial charge in [0.05, 0.1) is 5.56 Å². The van der Waals surface area contributed by atoms with Crippen LogP contribution in [0.25, 0.3) is 0 Å². The highest BCUT2D eigenvalue weighted by atomic mass is 16.4. The first kappa shape index (κ1) is 12.6. The van der Waals surface area contributed by atoms with Gasteiger partial charge in [-0.2, -0.15) is 0 Å². The molecule has 1 aromatic carbocycles. The Morgan fingerprint density at radius 1 is 1.39 bits per heavy atom. The van der Waals surface area contributed by atoms with Crippen molar-refractivity contribution in [2.24, 2.45) is 5.73 Å². The van der Waals surface area contributed by atoms with Gasteiger partial charge in [0.2, 0.25) is 5.91 Å². The zero-order valence-corrected chi connectivity index (χ0v) is 10.2. The van der Waals surface area contributed by atoms with Gasteiger partial charge in [0.25, 0.3) is 0 Å². The standard InChI is InChI=1S/C13H16N2O3/c1-8(14)4-12(16)15-6-10-3-2-9(13(17)18)5-11(10)7-15/h2-3,5,8H,4,6-7,14H2,1H3,(H,17,18). The second kappa shape index (κ2) is 4.78. The van der Waals surface area contributed by atoms with Gasteiger partial charge in [-0.1, -0.05) is 6.07 Å². The van der Waals surface area contributed by atoms with E-state index in [1.165, 1.54) is 0 Å². The third-order valence-electron chi connectivity index (χ3n) is 3.02. The minimum Gasteiger partial charge on any atom is -0.478 e. The zero-order chi connectivity index (χ0) is 13.3. The molecule has 0 aromatic heterocycles. The number of amides is 1. The number of fused-ring (bicyclic) bond motifs is 1. The third kappa shape index (κ3) is 2.51. The highest BCUT2D eigenvalue weighted by Crippen LogP contribution is 2.24. The van der Waals surface area contributed by atoms with Crippen molar-refractivity contribution in [3.8, 4) is 0 Å². The van der Waals surface area contributed by atoms with E-state index in [2.05, 4.69) is 0 Å². The number of rotatable bonds is 3. The maximum absolute atomic E-state index is 11.9. The Morgan fingerprint density at radius 3 is 2.67 bits per heavy atom. The van der Waals surface area contributed by atoms with Crippen LogP contribution >= 0.6 is 0 Å². The lowest BCUT2D eigenvalue weighted by molar-refractivity contribution is -0.132. The van der Waals surface area contributed by atoms with Crippen LogP contribution in [0, 0.1) is 0 Å². The van der Waals surface area contributed by atoms with Gasteiger partial charge in [-0.25, -0.2) is 4.79 Å². The number of aromatic carboxylic acids is 1. The average molecular weight is 248 g/mol. The van der Waals surface area contributed by atoms with Gasteiger partial charge >= 0.3 is 5.97 Å². The molecule has 0 bridgehead atoms. The molecule has 2 rings (SSSR count). The summed E-state index contributed by atoms with van der Waals surface area (Å²) >= 11 is 0. The molecule has 1 aliphatic rings. The number of carbonyl (C=O) groups is 2. The van der Waals surface area contributed by atoms with Crippen LogP contribution in [0.15, 0.2) is 18.2 Å². The fourth-order valence-corrected chi connectivity index (χ4v) is 2.11. The molecule has 5 nitrogen and oxygen atoms in total. The number of nitrogens with two attached hydrogens (primary N) is 1. The van der Waals surface area contributed by atoms with E-state index in [-0.39, 0.29) is 17.5 Å². The van der Waals surface area contributed by atoms with Crippen LogP contribution in [0.3, 0.4) is 0 Å². The molecule has 0 aliphatic carbocycles. The summed E-state index contributed by atoms with van der Waals surface area (Å²) in [6.07, 6.45) is 0.319. The Balaban J connectivity index is 2.13. The topological polar surface area (TPSA) is 83.6 Å². The second-order valence-corrected chi connectivity index (χ2v) is 4.72. The summed E-state index contributed by atoms with van der Waals surface area (Å²) in [7, 11) is 0. The number of carboxylic acid groups (broad SMARTS) is 1. The van der Waals surface area contributed by atoms with Crippen molar-refractivity contribution in [2.75, 3.05) is 0 Å².